The number of hydrogen-bond acceptors (Lipinski definition) is 7. The molecule has 0 radical (unpaired) electrons. The van der Waals surface area contributed by atoms with Gasteiger partial charge in [0.2, 0.25) is 5.91 Å². The lowest BCUT2D eigenvalue weighted by molar-refractivity contribution is -0.111. The van der Waals surface area contributed by atoms with E-state index in [1.54, 1.807) is 42.4 Å². The fourth-order valence-electron chi connectivity index (χ4n) is 4.95. The predicted molar refractivity (Wildman–Crippen MR) is 174 cm³/mol. The van der Waals surface area contributed by atoms with E-state index in [1.165, 1.54) is 15.9 Å². The Kier molecular flexibility index (Phi) is 9.07. The number of nitrogens with zero attached hydrogens (tertiary/aromatic N) is 2. The number of aromatic nitrogens is 1. The number of amides is 3. The van der Waals surface area contributed by atoms with Crippen LogP contribution in [0.3, 0.4) is 0 Å². The Hall–Kier alpha value is -5.00. The van der Waals surface area contributed by atoms with Gasteiger partial charge in [-0.3, -0.25) is 19.2 Å². The zero-order chi connectivity index (χ0) is 31.4. The average Bonchev–Trinajstić information content (AvgIpc) is 3.47. The Bertz CT molecular complexity index is 1820. The first kappa shape index (κ1) is 30.5. The molecule has 3 heterocycles. The minimum atomic E-state index is -0.465. The summed E-state index contributed by atoms with van der Waals surface area (Å²) in [6.45, 7) is 9.17. The maximum Gasteiger partial charge on any atom is 0.274 e. The highest BCUT2D eigenvalue weighted by Gasteiger charge is 2.22. The third-order valence-corrected chi connectivity index (χ3v) is 8.35. The highest BCUT2D eigenvalue weighted by Crippen LogP contribution is 2.31. The molecule has 1 saturated heterocycles. The Morgan fingerprint density at radius 1 is 0.977 bits per heavy atom. The molecule has 1 aliphatic rings. The molecule has 0 saturated carbocycles. The average molecular weight is 612 g/mol. The SMILES string of the molecule is C=CC(=O)Nc1cc(Nc2cc(-c3cccc(NC(=O)c4cc(C)cs4)c3C)cn(C)c2=O)ccc1C(=O)N1CCOCC1. The molecule has 1 aliphatic heterocycles. The maximum atomic E-state index is 13.3. The van der Waals surface area contributed by atoms with Crippen molar-refractivity contribution in [3.05, 3.63) is 105 Å². The fourth-order valence-corrected chi connectivity index (χ4v) is 5.75. The van der Waals surface area contributed by atoms with Crippen LogP contribution in [0.1, 0.15) is 31.2 Å². The zero-order valence-electron chi connectivity index (χ0n) is 24.7. The molecule has 0 atom stereocenters. The topological polar surface area (TPSA) is 122 Å². The Labute approximate surface area is 259 Å². The van der Waals surface area contributed by atoms with Crippen LogP contribution in [-0.2, 0) is 16.6 Å². The summed E-state index contributed by atoms with van der Waals surface area (Å²) in [5, 5.41) is 10.8. The quantitative estimate of drug-likeness (QED) is 0.232. The van der Waals surface area contributed by atoms with Gasteiger partial charge < -0.3 is 30.2 Å². The van der Waals surface area contributed by atoms with Gasteiger partial charge in [-0.15, -0.1) is 11.3 Å². The molecular weight excluding hydrogens is 578 g/mol. The molecular formula is C33H33N5O5S. The lowest BCUT2D eigenvalue weighted by Crippen LogP contribution is -2.41. The molecule has 2 aromatic heterocycles. The molecule has 2 aromatic carbocycles. The largest absolute Gasteiger partial charge is 0.378 e. The van der Waals surface area contributed by atoms with Crippen LogP contribution in [0.2, 0.25) is 0 Å². The number of morpholine rings is 1. The number of hydrogen-bond donors (Lipinski definition) is 3. The molecule has 44 heavy (non-hydrogen) atoms. The molecule has 0 bridgehead atoms. The number of rotatable bonds is 8. The number of ether oxygens (including phenoxy) is 1. The summed E-state index contributed by atoms with van der Waals surface area (Å²) < 4.78 is 6.84. The lowest BCUT2D eigenvalue weighted by atomic mass is 10.00. The van der Waals surface area contributed by atoms with Crippen molar-refractivity contribution in [3.63, 3.8) is 0 Å². The maximum absolute atomic E-state index is 13.3. The molecule has 5 rings (SSSR count). The van der Waals surface area contributed by atoms with E-state index in [0.717, 1.165) is 28.3 Å². The van der Waals surface area contributed by atoms with Gasteiger partial charge in [0.25, 0.3) is 17.4 Å². The van der Waals surface area contributed by atoms with E-state index in [0.29, 0.717) is 59.5 Å². The summed E-state index contributed by atoms with van der Waals surface area (Å²) in [7, 11) is 1.66. The van der Waals surface area contributed by atoms with Crippen molar-refractivity contribution in [1.29, 1.82) is 0 Å². The first-order valence-electron chi connectivity index (χ1n) is 14.0. The third kappa shape index (κ3) is 6.64. The molecule has 0 aliphatic carbocycles. The highest BCUT2D eigenvalue weighted by atomic mass is 32.1. The van der Waals surface area contributed by atoms with E-state index in [9.17, 15) is 19.2 Å². The second-order valence-corrected chi connectivity index (χ2v) is 11.4. The Morgan fingerprint density at radius 2 is 1.75 bits per heavy atom. The van der Waals surface area contributed by atoms with E-state index in [-0.39, 0.29) is 17.4 Å². The molecule has 0 unspecified atom stereocenters. The molecule has 1 fully saturated rings. The van der Waals surface area contributed by atoms with Crippen LogP contribution in [-0.4, -0.2) is 53.5 Å². The van der Waals surface area contributed by atoms with Crippen LogP contribution in [0.4, 0.5) is 22.7 Å². The second kappa shape index (κ2) is 13.1. The molecule has 0 spiro atoms. The minimum absolute atomic E-state index is 0.180. The molecule has 10 nitrogen and oxygen atoms in total. The van der Waals surface area contributed by atoms with Gasteiger partial charge in [-0.2, -0.15) is 0 Å². The first-order valence-corrected chi connectivity index (χ1v) is 14.9. The number of carbonyl (C=O) groups excluding carboxylic acids is 3. The predicted octanol–water partition coefficient (Wildman–Crippen LogP) is 5.32. The summed E-state index contributed by atoms with van der Waals surface area (Å²) in [5.41, 5.74) is 5.29. The monoisotopic (exact) mass is 611 g/mol. The van der Waals surface area contributed by atoms with Gasteiger partial charge in [0.1, 0.15) is 5.69 Å². The van der Waals surface area contributed by atoms with Gasteiger partial charge in [-0.25, -0.2) is 0 Å². The van der Waals surface area contributed by atoms with Gasteiger partial charge in [-0.1, -0.05) is 18.7 Å². The van der Waals surface area contributed by atoms with Crippen LogP contribution in [0, 0.1) is 13.8 Å². The second-order valence-electron chi connectivity index (χ2n) is 10.5. The van der Waals surface area contributed by atoms with Gasteiger partial charge in [0.15, 0.2) is 0 Å². The number of benzene rings is 2. The third-order valence-electron chi connectivity index (χ3n) is 7.30. The van der Waals surface area contributed by atoms with Gasteiger partial charge in [-0.05, 0) is 78.4 Å². The van der Waals surface area contributed by atoms with Crippen molar-refractivity contribution in [2.75, 3.05) is 42.3 Å². The van der Waals surface area contributed by atoms with Crippen LogP contribution in [0.15, 0.2) is 77.6 Å². The van der Waals surface area contributed by atoms with E-state index < -0.39 is 5.91 Å². The highest BCUT2D eigenvalue weighted by molar-refractivity contribution is 7.12. The normalized spacial score (nSPS) is 12.8. The number of anilines is 4. The number of pyridine rings is 1. The Morgan fingerprint density at radius 3 is 2.45 bits per heavy atom. The van der Waals surface area contributed by atoms with Crippen molar-refractivity contribution in [1.82, 2.24) is 9.47 Å². The molecule has 3 amide bonds. The van der Waals surface area contributed by atoms with Crippen LogP contribution in [0.25, 0.3) is 11.1 Å². The van der Waals surface area contributed by atoms with E-state index in [4.69, 9.17) is 4.74 Å². The summed E-state index contributed by atoms with van der Waals surface area (Å²) in [4.78, 5) is 53.8. The smallest absolute Gasteiger partial charge is 0.274 e. The van der Waals surface area contributed by atoms with Crippen molar-refractivity contribution in [3.8, 4) is 11.1 Å². The summed E-state index contributed by atoms with van der Waals surface area (Å²) >= 11 is 1.39. The van der Waals surface area contributed by atoms with Crippen molar-refractivity contribution in [2.45, 2.75) is 13.8 Å². The van der Waals surface area contributed by atoms with Gasteiger partial charge in [0.05, 0.1) is 29.3 Å². The van der Waals surface area contributed by atoms with Gasteiger partial charge in [0, 0.05) is 43.3 Å². The van der Waals surface area contributed by atoms with E-state index >= 15 is 0 Å². The van der Waals surface area contributed by atoms with Crippen LogP contribution < -0.4 is 21.5 Å². The van der Waals surface area contributed by atoms with E-state index in [1.807, 2.05) is 43.5 Å². The fraction of sp³-hybridized carbons (Fsp3) is 0.212. The van der Waals surface area contributed by atoms with E-state index in [2.05, 4.69) is 22.5 Å². The molecule has 226 valence electrons. The first-order chi connectivity index (χ1) is 21.1. The van der Waals surface area contributed by atoms with Crippen molar-refractivity contribution < 1.29 is 19.1 Å². The van der Waals surface area contributed by atoms with Crippen LogP contribution in [0.5, 0.6) is 0 Å². The Balaban J connectivity index is 1.45. The minimum Gasteiger partial charge on any atom is -0.378 e. The molecule has 11 heteroatoms. The molecule has 4 aromatic rings. The lowest BCUT2D eigenvalue weighted by Gasteiger charge is -2.27. The van der Waals surface area contributed by atoms with Gasteiger partial charge >= 0.3 is 0 Å². The van der Waals surface area contributed by atoms with Crippen molar-refractivity contribution >= 4 is 51.8 Å². The standard InChI is InChI=1S/C33H33N5O5S/c1-5-30(39)35-27-17-23(9-10-25(27)32(41)38-11-13-43-14-12-38)34-28-16-22(18-37(4)33(28)42)24-7-6-8-26(21(24)3)36-31(40)29-15-20(2)19-44-29/h5-10,15-19,34H,1,11-14H2,2-4H3,(H,35,39)(H,36,40). The summed E-state index contributed by atoms with van der Waals surface area (Å²) in [5.74, 6) is -0.873. The van der Waals surface area contributed by atoms with Crippen LogP contribution >= 0.6 is 11.3 Å². The zero-order valence-corrected chi connectivity index (χ0v) is 25.5. The number of nitrogens with one attached hydrogen (secondary N) is 3. The molecule has 3 N–H and O–H groups in total. The number of aryl methyl sites for hydroxylation is 2. The summed E-state index contributed by atoms with van der Waals surface area (Å²) in [6, 6.07) is 14.2. The number of carbonyl (C=O) groups is 3. The number of thiophene rings is 1. The van der Waals surface area contributed by atoms with Crippen molar-refractivity contribution in [2.24, 2.45) is 7.05 Å². The summed E-state index contributed by atoms with van der Waals surface area (Å²) in [6.07, 6.45) is 2.87.